The molecule has 0 atom stereocenters. The number of anilines is 2. The number of hydrogen-bond acceptors (Lipinski definition) is 2. The zero-order chi connectivity index (χ0) is 18.6. The van der Waals surface area contributed by atoms with E-state index in [1.165, 1.54) is 12.5 Å². The predicted molar refractivity (Wildman–Crippen MR) is 103 cm³/mol. The average Bonchev–Trinajstić information content (AvgIpc) is 2.56. The molecule has 0 saturated carbocycles. The number of aryl methyl sites for hydroxylation is 4. The van der Waals surface area contributed by atoms with Gasteiger partial charge in [0.15, 0.2) is 0 Å². The molecule has 0 saturated heterocycles. The van der Waals surface area contributed by atoms with Crippen molar-refractivity contribution in [3.8, 4) is 0 Å². The average molecular weight is 338 g/mol. The SMILES string of the molecule is CCc1cccc(C)c1N(CC(=O)Nc1ccc(C)c(C)c1)C(C)=O. The minimum Gasteiger partial charge on any atom is -0.325 e. The van der Waals surface area contributed by atoms with E-state index in [4.69, 9.17) is 0 Å². The summed E-state index contributed by atoms with van der Waals surface area (Å²) in [6.07, 6.45) is 0.805. The molecule has 0 aliphatic heterocycles. The third-order valence-electron chi connectivity index (χ3n) is 4.44. The number of benzene rings is 2. The molecule has 1 N–H and O–H groups in total. The molecule has 2 aromatic carbocycles. The van der Waals surface area contributed by atoms with Gasteiger partial charge in [-0.15, -0.1) is 0 Å². The first-order chi connectivity index (χ1) is 11.8. The molecule has 2 aromatic rings. The molecule has 0 spiro atoms. The van der Waals surface area contributed by atoms with Crippen molar-refractivity contribution in [1.82, 2.24) is 0 Å². The third-order valence-corrected chi connectivity index (χ3v) is 4.44. The van der Waals surface area contributed by atoms with Crippen LogP contribution in [0.25, 0.3) is 0 Å². The maximum Gasteiger partial charge on any atom is 0.244 e. The molecule has 0 aliphatic carbocycles. The normalized spacial score (nSPS) is 10.4. The Morgan fingerprint density at radius 1 is 1.00 bits per heavy atom. The molecular formula is C21H26N2O2. The van der Waals surface area contributed by atoms with Crippen molar-refractivity contribution in [3.63, 3.8) is 0 Å². The topological polar surface area (TPSA) is 49.4 Å². The Labute approximate surface area is 149 Å². The molecule has 0 aromatic heterocycles. The molecular weight excluding hydrogens is 312 g/mol. The number of rotatable bonds is 5. The van der Waals surface area contributed by atoms with Crippen molar-refractivity contribution in [2.75, 3.05) is 16.8 Å². The van der Waals surface area contributed by atoms with Crippen molar-refractivity contribution in [3.05, 3.63) is 58.7 Å². The van der Waals surface area contributed by atoms with E-state index in [-0.39, 0.29) is 18.4 Å². The van der Waals surface area contributed by atoms with E-state index in [1.54, 1.807) is 4.90 Å². The highest BCUT2D eigenvalue weighted by molar-refractivity contribution is 6.02. The molecule has 0 unspecified atom stereocenters. The van der Waals surface area contributed by atoms with Crippen molar-refractivity contribution in [1.29, 1.82) is 0 Å². The van der Waals surface area contributed by atoms with E-state index < -0.39 is 0 Å². The summed E-state index contributed by atoms with van der Waals surface area (Å²) in [7, 11) is 0. The molecule has 4 heteroatoms. The molecule has 0 aliphatic rings. The second kappa shape index (κ2) is 7.97. The maximum atomic E-state index is 12.5. The second-order valence-corrected chi connectivity index (χ2v) is 6.39. The van der Waals surface area contributed by atoms with E-state index in [9.17, 15) is 9.59 Å². The summed E-state index contributed by atoms with van der Waals surface area (Å²) >= 11 is 0. The van der Waals surface area contributed by atoms with Crippen LogP contribution in [0.15, 0.2) is 36.4 Å². The van der Waals surface area contributed by atoms with Crippen LogP contribution in [0.4, 0.5) is 11.4 Å². The summed E-state index contributed by atoms with van der Waals surface area (Å²) in [4.78, 5) is 26.3. The largest absolute Gasteiger partial charge is 0.325 e. The summed E-state index contributed by atoms with van der Waals surface area (Å²) < 4.78 is 0. The summed E-state index contributed by atoms with van der Waals surface area (Å²) in [6, 6.07) is 11.7. The van der Waals surface area contributed by atoms with Gasteiger partial charge in [-0.3, -0.25) is 9.59 Å². The van der Waals surface area contributed by atoms with E-state index in [0.717, 1.165) is 34.5 Å². The Bertz CT molecular complexity index is 796. The second-order valence-electron chi connectivity index (χ2n) is 6.39. The Hall–Kier alpha value is -2.62. The van der Waals surface area contributed by atoms with Gasteiger partial charge in [-0.25, -0.2) is 0 Å². The fraction of sp³-hybridized carbons (Fsp3) is 0.333. The van der Waals surface area contributed by atoms with Crippen LogP contribution in [0.1, 0.15) is 36.1 Å². The van der Waals surface area contributed by atoms with Crippen molar-refractivity contribution >= 4 is 23.2 Å². The lowest BCUT2D eigenvalue weighted by Gasteiger charge is -2.25. The van der Waals surface area contributed by atoms with Gasteiger partial charge in [-0.1, -0.05) is 31.2 Å². The van der Waals surface area contributed by atoms with Crippen LogP contribution in [0, 0.1) is 20.8 Å². The minimum absolute atomic E-state index is 0.000110. The highest BCUT2D eigenvalue weighted by Crippen LogP contribution is 2.26. The van der Waals surface area contributed by atoms with Gasteiger partial charge in [0.25, 0.3) is 0 Å². The number of nitrogens with one attached hydrogen (secondary N) is 1. The fourth-order valence-electron chi connectivity index (χ4n) is 2.90. The molecule has 132 valence electrons. The Kier molecular flexibility index (Phi) is 5.97. The van der Waals surface area contributed by atoms with Gasteiger partial charge in [0.1, 0.15) is 6.54 Å². The Balaban J connectivity index is 2.23. The van der Waals surface area contributed by atoms with Gasteiger partial charge in [-0.05, 0) is 61.6 Å². The van der Waals surface area contributed by atoms with E-state index in [0.29, 0.717) is 0 Å². The lowest BCUT2D eigenvalue weighted by Crippen LogP contribution is -2.37. The van der Waals surface area contributed by atoms with Crippen molar-refractivity contribution in [2.24, 2.45) is 0 Å². The number of carbonyl (C=O) groups is 2. The van der Waals surface area contributed by atoms with E-state index in [2.05, 4.69) is 5.32 Å². The van der Waals surface area contributed by atoms with Crippen LogP contribution < -0.4 is 10.2 Å². The van der Waals surface area contributed by atoms with Crippen LogP contribution in [0.2, 0.25) is 0 Å². The van der Waals surface area contributed by atoms with Crippen LogP contribution in [0.5, 0.6) is 0 Å². The molecule has 0 radical (unpaired) electrons. The quantitative estimate of drug-likeness (QED) is 0.889. The van der Waals surface area contributed by atoms with Crippen molar-refractivity contribution < 1.29 is 9.59 Å². The molecule has 0 fully saturated rings. The summed E-state index contributed by atoms with van der Waals surface area (Å²) in [5.41, 5.74) is 5.94. The van der Waals surface area contributed by atoms with Gasteiger partial charge < -0.3 is 10.2 Å². The lowest BCUT2D eigenvalue weighted by molar-refractivity contribution is -0.120. The van der Waals surface area contributed by atoms with Crippen LogP contribution >= 0.6 is 0 Å². The standard InChI is InChI=1S/C21H26N2O2/c1-6-18-9-7-8-15(3)21(18)23(17(5)24)13-20(25)22-19-11-10-14(2)16(4)12-19/h7-12H,6,13H2,1-5H3,(H,22,25). The first-order valence-corrected chi connectivity index (χ1v) is 8.57. The van der Waals surface area contributed by atoms with E-state index in [1.807, 2.05) is 64.1 Å². The highest BCUT2D eigenvalue weighted by Gasteiger charge is 2.20. The first kappa shape index (κ1) is 18.7. The zero-order valence-corrected chi connectivity index (χ0v) is 15.6. The molecule has 2 amide bonds. The van der Waals surface area contributed by atoms with Crippen LogP contribution in [-0.2, 0) is 16.0 Å². The first-order valence-electron chi connectivity index (χ1n) is 8.57. The zero-order valence-electron chi connectivity index (χ0n) is 15.6. The van der Waals surface area contributed by atoms with Gasteiger partial charge in [0.05, 0.1) is 5.69 Å². The fourth-order valence-corrected chi connectivity index (χ4v) is 2.90. The molecule has 0 heterocycles. The van der Waals surface area contributed by atoms with Gasteiger partial charge >= 0.3 is 0 Å². The third kappa shape index (κ3) is 4.47. The molecule has 0 bridgehead atoms. The monoisotopic (exact) mass is 338 g/mol. The van der Waals surface area contributed by atoms with Gasteiger partial charge in [0.2, 0.25) is 11.8 Å². The van der Waals surface area contributed by atoms with Crippen molar-refractivity contribution in [2.45, 2.75) is 41.0 Å². The minimum atomic E-state index is -0.205. The van der Waals surface area contributed by atoms with Crippen LogP contribution in [0.3, 0.4) is 0 Å². The summed E-state index contributed by atoms with van der Waals surface area (Å²) in [6.45, 7) is 9.54. The smallest absolute Gasteiger partial charge is 0.244 e. The molecule has 4 nitrogen and oxygen atoms in total. The summed E-state index contributed by atoms with van der Waals surface area (Å²) in [5, 5.41) is 2.89. The number of amides is 2. The van der Waals surface area contributed by atoms with E-state index >= 15 is 0 Å². The Morgan fingerprint density at radius 2 is 1.72 bits per heavy atom. The van der Waals surface area contributed by atoms with Gasteiger partial charge in [-0.2, -0.15) is 0 Å². The molecule has 2 rings (SSSR count). The number of nitrogens with zero attached hydrogens (tertiary/aromatic N) is 1. The lowest BCUT2D eigenvalue weighted by atomic mass is 10.0. The number of hydrogen-bond donors (Lipinski definition) is 1. The Morgan fingerprint density at radius 3 is 2.32 bits per heavy atom. The highest BCUT2D eigenvalue weighted by atomic mass is 16.2. The summed E-state index contributed by atoms with van der Waals surface area (Å²) in [5.74, 6) is -0.344. The maximum absolute atomic E-state index is 12.5. The number of carbonyl (C=O) groups excluding carboxylic acids is 2. The number of para-hydroxylation sites is 1. The van der Waals surface area contributed by atoms with Gasteiger partial charge in [0, 0.05) is 12.6 Å². The van der Waals surface area contributed by atoms with Crippen LogP contribution in [-0.4, -0.2) is 18.4 Å². The predicted octanol–water partition coefficient (Wildman–Crippen LogP) is 4.17. The molecule has 25 heavy (non-hydrogen) atoms.